The molecule has 1 amide bonds. The fourth-order valence-corrected chi connectivity index (χ4v) is 1.78. The van der Waals surface area contributed by atoms with Gasteiger partial charge in [-0.15, -0.1) is 0 Å². The normalized spacial score (nSPS) is 11.3. The molecule has 0 aliphatic rings. The molecule has 0 heterocycles. The van der Waals surface area contributed by atoms with Crippen LogP contribution in [0.3, 0.4) is 0 Å². The average molecular weight is 262 g/mol. The molecule has 0 bridgehead atoms. The quantitative estimate of drug-likeness (QED) is 0.900. The molecule has 1 N–H and O–H groups in total. The van der Waals surface area contributed by atoms with Crippen LogP contribution in [0.5, 0.6) is 0 Å². The predicted octanol–water partition coefficient (Wildman–Crippen LogP) is 3.54. The molecule has 3 nitrogen and oxygen atoms in total. The molecule has 106 valence electrons. The Bertz CT molecular complexity index is 445. The van der Waals surface area contributed by atoms with E-state index in [1.807, 2.05) is 18.2 Å². The number of benzene rings is 1. The number of carbonyl (C=O) groups is 1. The van der Waals surface area contributed by atoms with Gasteiger partial charge >= 0.3 is 0 Å². The van der Waals surface area contributed by atoms with Crippen LogP contribution in [0.1, 0.15) is 43.1 Å². The highest BCUT2D eigenvalue weighted by Crippen LogP contribution is 2.21. The Morgan fingerprint density at radius 1 is 1.26 bits per heavy atom. The van der Waals surface area contributed by atoms with Crippen molar-refractivity contribution in [3.05, 3.63) is 29.3 Å². The molecule has 0 radical (unpaired) electrons. The van der Waals surface area contributed by atoms with E-state index in [2.05, 4.69) is 33.0 Å². The minimum Gasteiger partial charge on any atom is -0.385 e. The maximum absolute atomic E-state index is 11.9. The number of hydrogen-bond acceptors (Lipinski definition) is 2. The fourth-order valence-electron chi connectivity index (χ4n) is 1.78. The SMILES string of the molecule is Cc1ccc(C(=O)N(C)C)cc1NCCC(C)(C)C. The van der Waals surface area contributed by atoms with Crippen LogP contribution in [0.25, 0.3) is 0 Å². The van der Waals surface area contributed by atoms with Crippen LogP contribution in [-0.4, -0.2) is 31.4 Å². The van der Waals surface area contributed by atoms with Crippen molar-refractivity contribution in [1.29, 1.82) is 0 Å². The van der Waals surface area contributed by atoms with Crippen LogP contribution in [0.4, 0.5) is 5.69 Å². The molecule has 0 aliphatic heterocycles. The van der Waals surface area contributed by atoms with Crippen LogP contribution in [0, 0.1) is 12.3 Å². The van der Waals surface area contributed by atoms with Crippen molar-refractivity contribution in [2.75, 3.05) is 26.0 Å². The lowest BCUT2D eigenvalue weighted by Crippen LogP contribution is -2.22. The summed E-state index contributed by atoms with van der Waals surface area (Å²) in [6, 6.07) is 5.82. The summed E-state index contributed by atoms with van der Waals surface area (Å²) in [7, 11) is 3.55. The van der Waals surface area contributed by atoms with Gasteiger partial charge in [0, 0.05) is 31.9 Å². The number of hydrogen-bond donors (Lipinski definition) is 1. The van der Waals surface area contributed by atoms with Crippen molar-refractivity contribution < 1.29 is 4.79 Å². The van der Waals surface area contributed by atoms with Crippen molar-refractivity contribution >= 4 is 11.6 Å². The first-order valence-corrected chi connectivity index (χ1v) is 6.77. The Hall–Kier alpha value is -1.51. The van der Waals surface area contributed by atoms with E-state index in [0.717, 1.165) is 24.2 Å². The van der Waals surface area contributed by atoms with E-state index in [1.165, 1.54) is 5.56 Å². The summed E-state index contributed by atoms with van der Waals surface area (Å²) in [6.45, 7) is 9.67. The second-order valence-electron chi connectivity index (χ2n) is 6.47. The highest BCUT2D eigenvalue weighted by molar-refractivity contribution is 5.95. The first-order valence-electron chi connectivity index (χ1n) is 6.77. The highest BCUT2D eigenvalue weighted by atomic mass is 16.2. The summed E-state index contributed by atoms with van der Waals surface area (Å²) < 4.78 is 0. The molecule has 0 saturated heterocycles. The van der Waals surface area contributed by atoms with Gasteiger partial charge in [0.05, 0.1) is 0 Å². The minimum absolute atomic E-state index is 0.0406. The summed E-state index contributed by atoms with van der Waals surface area (Å²) in [5, 5.41) is 3.43. The van der Waals surface area contributed by atoms with Gasteiger partial charge in [-0.25, -0.2) is 0 Å². The van der Waals surface area contributed by atoms with Crippen LogP contribution < -0.4 is 5.32 Å². The molecular weight excluding hydrogens is 236 g/mol. The maximum atomic E-state index is 11.9. The van der Waals surface area contributed by atoms with Gasteiger partial charge in [-0.2, -0.15) is 0 Å². The molecule has 0 spiro atoms. The fraction of sp³-hybridized carbons (Fsp3) is 0.562. The standard InChI is InChI=1S/C16H26N2O/c1-12-7-8-13(15(19)18(5)6)11-14(12)17-10-9-16(2,3)4/h7-8,11,17H,9-10H2,1-6H3. The Morgan fingerprint density at radius 2 is 1.89 bits per heavy atom. The Balaban J connectivity index is 2.78. The van der Waals surface area contributed by atoms with E-state index in [1.54, 1.807) is 19.0 Å². The molecule has 1 aromatic rings. The third-order valence-electron chi connectivity index (χ3n) is 3.08. The number of amides is 1. The van der Waals surface area contributed by atoms with E-state index >= 15 is 0 Å². The average Bonchev–Trinajstić information content (AvgIpc) is 2.29. The largest absolute Gasteiger partial charge is 0.385 e. The number of anilines is 1. The third kappa shape index (κ3) is 4.93. The van der Waals surface area contributed by atoms with Gasteiger partial charge in [-0.3, -0.25) is 4.79 Å². The monoisotopic (exact) mass is 262 g/mol. The Morgan fingerprint density at radius 3 is 2.42 bits per heavy atom. The number of carbonyl (C=O) groups excluding carboxylic acids is 1. The summed E-state index contributed by atoms with van der Waals surface area (Å²) in [5.41, 5.74) is 3.27. The molecule has 0 aliphatic carbocycles. The second kappa shape index (κ2) is 6.09. The molecule has 0 atom stereocenters. The van der Waals surface area contributed by atoms with Crippen LogP contribution in [-0.2, 0) is 0 Å². The molecular formula is C16H26N2O. The highest BCUT2D eigenvalue weighted by Gasteiger charge is 2.12. The zero-order chi connectivity index (χ0) is 14.6. The zero-order valence-electron chi connectivity index (χ0n) is 13.0. The van der Waals surface area contributed by atoms with Gasteiger partial charge in [0.15, 0.2) is 0 Å². The van der Waals surface area contributed by atoms with E-state index < -0.39 is 0 Å². The van der Waals surface area contributed by atoms with Crippen molar-refractivity contribution in [2.24, 2.45) is 5.41 Å². The summed E-state index contributed by atoms with van der Waals surface area (Å²) in [5.74, 6) is 0.0406. The molecule has 0 saturated carbocycles. The number of aryl methyl sites for hydroxylation is 1. The third-order valence-corrected chi connectivity index (χ3v) is 3.08. The smallest absolute Gasteiger partial charge is 0.253 e. The van der Waals surface area contributed by atoms with Gasteiger partial charge in [-0.1, -0.05) is 26.8 Å². The van der Waals surface area contributed by atoms with Gasteiger partial charge in [0.25, 0.3) is 5.91 Å². The maximum Gasteiger partial charge on any atom is 0.253 e. The van der Waals surface area contributed by atoms with Crippen molar-refractivity contribution in [1.82, 2.24) is 4.90 Å². The molecule has 0 aromatic heterocycles. The van der Waals surface area contributed by atoms with Crippen molar-refractivity contribution in [2.45, 2.75) is 34.1 Å². The van der Waals surface area contributed by atoms with Crippen molar-refractivity contribution in [3.63, 3.8) is 0 Å². The molecule has 1 aromatic carbocycles. The van der Waals surface area contributed by atoms with Crippen LogP contribution >= 0.6 is 0 Å². The van der Waals surface area contributed by atoms with Crippen LogP contribution in [0.2, 0.25) is 0 Å². The van der Waals surface area contributed by atoms with Crippen LogP contribution in [0.15, 0.2) is 18.2 Å². The van der Waals surface area contributed by atoms with E-state index in [4.69, 9.17) is 0 Å². The second-order valence-corrected chi connectivity index (χ2v) is 6.47. The summed E-state index contributed by atoms with van der Waals surface area (Å²) >= 11 is 0. The minimum atomic E-state index is 0.0406. The first-order chi connectivity index (χ1) is 8.70. The zero-order valence-corrected chi connectivity index (χ0v) is 13.0. The summed E-state index contributed by atoms with van der Waals surface area (Å²) in [4.78, 5) is 13.5. The predicted molar refractivity (Wildman–Crippen MR) is 81.8 cm³/mol. The van der Waals surface area contributed by atoms with Gasteiger partial charge in [0.2, 0.25) is 0 Å². The first kappa shape index (κ1) is 15.5. The Kier molecular flexibility index (Phi) is 4.98. The van der Waals surface area contributed by atoms with E-state index in [9.17, 15) is 4.79 Å². The summed E-state index contributed by atoms with van der Waals surface area (Å²) in [6.07, 6.45) is 1.10. The molecule has 19 heavy (non-hydrogen) atoms. The lowest BCUT2D eigenvalue weighted by atomic mass is 9.92. The number of nitrogens with one attached hydrogen (secondary N) is 1. The molecule has 0 unspecified atom stereocenters. The van der Waals surface area contributed by atoms with Crippen molar-refractivity contribution in [3.8, 4) is 0 Å². The van der Waals surface area contributed by atoms with E-state index in [-0.39, 0.29) is 5.91 Å². The molecule has 0 fully saturated rings. The van der Waals surface area contributed by atoms with Gasteiger partial charge in [-0.05, 0) is 36.5 Å². The topological polar surface area (TPSA) is 32.3 Å². The number of nitrogens with zero attached hydrogens (tertiary/aromatic N) is 1. The Labute approximate surface area is 117 Å². The van der Waals surface area contributed by atoms with Gasteiger partial charge in [0.1, 0.15) is 0 Å². The molecule has 1 rings (SSSR count). The molecule has 3 heteroatoms. The lowest BCUT2D eigenvalue weighted by molar-refractivity contribution is 0.0827. The van der Waals surface area contributed by atoms with E-state index in [0.29, 0.717) is 5.41 Å². The van der Waals surface area contributed by atoms with Gasteiger partial charge < -0.3 is 10.2 Å². The lowest BCUT2D eigenvalue weighted by Gasteiger charge is -2.19. The number of rotatable bonds is 4.